The summed E-state index contributed by atoms with van der Waals surface area (Å²) in [4.78, 5) is 18.0. The summed E-state index contributed by atoms with van der Waals surface area (Å²) in [5.41, 5.74) is 4.82. The number of hydrogen-bond donors (Lipinski definition) is 1. The second-order valence-corrected chi connectivity index (χ2v) is 5.41. The molecule has 1 aliphatic heterocycles. The Labute approximate surface area is 108 Å². The van der Waals surface area contributed by atoms with Crippen molar-refractivity contribution in [2.45, 2.75) is 50.5 Å². The van der Waals surface area contributed by atoms with Crippen molar-refractivity contribution in [3.63, 3.8) is 0 Å². The van der Waals surface area contributed by atoms with Gasteiger partial charge in [-0.2, -0.15) is 5.26 Å². The second-order valence-electron chi connectivity index (χ2n) is 5.41. The van der Waals surface area contributed by atoms with E-state index in [9.17, 15) is 4.79 Å². The van der Waals surface area contributed by atoms with E-state index in [4.69, 9.17) is 11.0 Å². The number of likely N-dealkylation sites (N-methyl/N-ethyl adjacent to an activating group) is 1. The lowest BCUT2D eigenvalue weighted by Crippen LogP contribution is -2.43. The molecular formula is C13H20N4O. The fourth-order valence-corrected chi connectivity index (χ4v) is 3.08. The minimum absolute atomic E-state index is 0.118. The molecule has 0 aromatic heterocycles. The summed E-state index contributed by atoms with van der Waals surface area (Å²) in [6.07, 6.45) is 6.80. The number of nitrogens with two attached hydrogens (primary N) is 1. The van der Waals surface area contributed by atoms with Crippen molar-refractivity contribution in [2.75, 3.05) is 7.05 Å². The van der Waals surface area contributed by atoms with Gasteiger partial charge in [-0.3, -0.25) is 9.69 Å². The van der Waals surface area contributed by atoms with Gasteiger partial charge in [-0.25, -0.2) is 4.99 Å². The Bertz CT molecular complexity index is 406. The molecule has 1 aliphatic carbocycles. The molecule has 1 amide bonds. The van der Waals surface area contributed by atoms with Crippen molar-refractivity contribution in [3.8, 4) is 6.07 Å². The average molecular weight is 248 g/mol. The van der Waals surface area contributed by atoms with E-state index in [1.807, 2.05) is 0 Å². The van der Waals surface area contributed by atoms with Crippen LogP contribution in [-0.2, 0) is 4.79 Å². The lowest BCUT2D eigenvalue weighted by Gasteiger charge is -2.29. The maximum atomic E-state index is 12.3. The molecule has 98 valence electrons. The summed E-state index contributed by atoms with van der Waals surface area (Å²) >= 11 is 0. The average Bonchev–Trinajstić information content (AvgIpc) is 2.56. The molecule has 0 aromatic carbocycles. The summed E-state index contributed by atoms with van der Waals surface area (Å²) in [6.45, 7) is 0. The van der Waals surface area contributed by atoms with E-state index in [1.54, 1.807) is 7.05 Å². The first-order valence-electron chi connectivity index (χ1n) is 6.59. The van der Waals surface area contributed by atoms with Crippen molar-refractivity contribution in [1.82, 2.24) is 4.90 Å². The molecule has 0 aromatic rings. The Morgan fingerprint density at radius 2 is 2.17 bits per heavy atom. The standard InChI is InChI=1S/C13H20N4O/c1-17-11(18)13(7-8-14,16-12(17)15)9-10-5-3-2-4-6-10/h10H,2-7,9H2,1H3,(H2,15,16). The zero-order valence-electron chi connectivity index (χ0n) is 10.9. The van der Waals surface area contributed by atoms with E-state index in [0.29, 0.717) is 12.3 Å². The van der Waals surface area contributed by atoms with Gasteiger partial charge in [0.2, 0.25) is 0 Å². The van der Waals surface area contributed by atoms with Gasteiger partial charge >= 0.3 is 0 Å². The summed E-state index contributed by atoms with van der Waals surface area (Å²) in [6, 6.07) is 2.10. The highest BCUT2D eigenvalue weighted by molar-refractivity contribution is 6.06. The van der Waals surface area contributed by atoms with Crippen LogP contribution in [0.2, 0.25) is 0 Å². The molecule has 2 N–H and O–H groups in total. The van der Waals surface area contributed by atoms with Gasteiger partial charge in [-0.15, -0.1) is 0 Å². The number of aliphatic imine (C=N–C) groups is 1. The zero-order chi connectivity index (χ0) is 13.2. The van der Waals surface area contributed by atoms with E-state index in [2.05, 4.69) is 11.1 Å². The number of hydrogen-bond acceptors (Lipinski definition) is 4. The first kappa shape index (κ1) is 12.9. The van der Waals surface area contributed by atoms with Crippen LogP contribution in [0.15, 0.2) is 4.99 Å². The highest BCUT2D eigenvalue weighted by Gasteiger charge is 2.47. The van der Waals surface area contributed by atoms with E-state index in [0.717, 1.165) is 12.8 Å². The summed E-state index contributed by atoms with van der Waals surface area (Å²) in [5.74, 6) is 0.622. The van der Waals surface area contributed by atoms with Crippen LogP contribution in [0.25, 0.3) is 0 Å². The fourth-order valence-electron chi connectivity index (χ4n) is 3.08. The topological polar surface area (TPSA) is 82.5 Å². The van der Waals surface area contributed by atoms with Crippen molar-refractivity contribution in [1.29, 1.82) is 5.26 Å². The Kier molecular flexibility index (Phi) is 3.55. The molecular weight excluding hydrogens is 228 g/mol. The monoisotopic (exact) mass is 248 g/mol. The van der Waals surface area contributed by atoms with Crippen LogP contribution in [-0.4, -0.2) is 29.4 Å². The second kappa shape index (κ2) is 4.97. The van der Waals surface area contributed by atoms with Crippen LogP contribution in [0.3, 0.4) is 0 Å². The largest absolute Gasteiger partial charge is 0.369 e. The number of nitriles is 1. The van der Waals surface area contributed by atoms with Crippen LogP contribution in [0, 0.1) is 17.2 Å². The van der Waals surface area contributed by atoms with Crippen molar-refractivity contribution in [3.05, 3.63) is 0 Å². The molecule has 0 bridgehead atoms. The first-order chi connectivity index (χ1) is 8.59. The normalized spacial score (nSPS) is 29.2. The molecule has 1 heterocycles. The third-order valence-electron chi connectivity index (χ3n) is 4.10. The van der Waals surface area contributed by atoms with Crippen LogP contribution in [0.1, 0.15) is 44.9 Å². The maximum absolute atomic E-state index is 12.3. The highest BCUT2D eigenvalue weighted by Crippen LogP contribution is 2.37. The van der Waals surface area contributed by atoms with E-state index >= 15 is 0 Å². The summed E-state index contributed by atoms with van der Waals surface area (Å²) < 4.78 is 0. The Balaban J connectivity index is 2.17. The number of rotatable bonds is 3. The predicted octanol–water partition coefficient (Wildman–Crippen LogP) is 1.40. The molecule has 0 spiro atoms. The molecule has 2 aliphatic rings. The molecule has 18 heavy (non-hydrogen) atoms. The summed E-state index contributed by atoms with van der Waals surface area (Å²) in [5, 5.41) is 8.98. The smallest absolute Gasteiger partial charge is 0.258 e. The molecule has 1 fully saturated rings. The van der Waals surface area contributed by atoms with Crippen molar-refractivity contribution < 1.29 is 4.79 Å². The van der Waals surface area contributed by atoms with Crippen LogP contribution in [0.4, 0.5) is 0 Å². The third-order valence-corrected chi connectivity index (χ3v) is 4.10. The van der Waals surface area contributed by atoms with Crippen molar-refractivity contribution in [2.24, 2.45) is 16.6 Å². The Morgan fingerprint density at radius 3 is 2.67 bits per heavy atom. The number of carbonyl (C=O) groups is 1. The van der Waals surface area contributed by atoms with E-state index in [-0.39, 0.29) is 18.3 Å². The van der Waals surface area contributed by atoms with Crippen LogP contribution < -0.4 is 5.73 Å². The van der Waals surface area contributed by atoms with Gasteiger partial charge in [-0.05, 0) is 12.3 Å². The molecule has 1 atom stereocenters. The van der Waals surface area contributed by atoms with Crippen LogP contribution >= 0.6 is 0 Å². The molecule has 5 heteroatoms. The molecule has 1 unspecified atom stereocenters. The maximum Gasteiger partial charge on any atom is 0.258 e. The molecule has 0 saturated heterocycles. The van der Waals surface area contributed by atoms with Gasteiger partial charge in [0, 0.05) is 7.05 Å². The number of amides is 1. The summed E-state index contributed by atoms with van der Waals surface area (Å²) in [7, 11) is 1.63. The molecule has 0 radical (unpaired) electrons. The lowest BCUT2D eigenvalue weighted by atomic mass is 9.78. The van der Waals surface area contributed by atoms with Gasteiger partial charge in [0.15, 0.2) is 11.5 Å². The molecule has 1 saturated carbocycles. The number of nitrogens with zero attached hydrogens (tertiary/aromatic N) is 3. The SMILES string of the molecule is CN1C(=O)C(CC#N)(CC2CCCCC2)N=C1N. The Hall–Kier alpha value is -1.57. The Morgan fingerprint density at radius 1 is 1.50 bits per heavy atom. The van der Waals surface area contributed by atoms with Gasteiger partial charge in [0.1, 0.15) is 0 Å². The van der Waals surface area contributed by atoms with Gasteiger partial charge in [0.25, 0.3) is 5.91 Å². The number of guanidine groups is 1. The van der Waals surface area contributed by atoms with Gasteiger partial charge in [0.05, 0.1) is 12.5 Å². The minimum atomic E-state index is -0.907. The molecule has 2 rings (SSSR count). The van der Waals surface area contributed by atoms with E-state index < -0.39 is 5.54 Å². The van der Waals surface area contributed by atoms with Crippen molar-refractivity contribution >= 4 is 11.9 Å². The highest BCUT2D eigenvalue weighted by atomic mass is 16.2. The minimum Gasteiger partial charge on any atom is -0.369 e. The van der Waals surface area contributed by atoms with Crippen LogP contribution in [0.5, 0.6) is 0 Å². The van der Waals surface area contributed by atoms with Gasteiger partial charge in [-0.1, -0.05) is 32.1 Å². The molecule has 5 nitrogen and oxygen atoms in total. The fraction of sp³-hybridized carbons (Fsp3) is 0.769. The quantitative estimate of drug-likeness (QED) is 0.819. The predicted molar refractivity (Wildman–Crippen MR) is 68.5 cm³/mol. The zero-order valence-corrected chi connectivity index (χ0v) is 10.9. The lowest BCUT2D eigenvalue weighted by molar-refractivity contribution is -0.130. The number of carbonyl (C=O) groups excluding carboxylic acids is 1. The first-order valence-corrected chi connectivity index (χ1v) is 6.59. The van der Waals surface area contributed by atoms with E-state index in [1.165, 1.54) is 24.2 Å². The third kappa shape index (κ3) is 2.20. The van der Waals surface area contributed by atoms with Gasteiger partial charge < -0.3 is 5.73 Å².